The number of halogens is 3. The van der Waals surface area contributed by atoms with Gasteiger partial charge in [-0.3, -0.25) is 9.59 Å². The standard InChI is InChI=1S/C9H12F3NO2/c10-9(11,12)5-8(15)13-6-1-3-7(14)4-2-6/h6H,1-5H2,(H,13,15). The summed E-state index contributed by atoms with van der Waals surface area (Å²) in [6.45, 7) is 0. The van der Waals surface area contributed by atoms with Gasteiger partial charge in [-0.2, -0.15) is 13.2 Å². The van der Waals surface area contributed by atoms with Crippen molar-refractivity contribution in [2.75, 3.05) is 0 Å². The molecule has 6 heteroatoms. The van der Waals surface area contributed by atoms with E-state index in [2.05, 4.69) is 5.32 Å². The van der Waals surface area contributed by atoms with Crippen molar-refractivity contribution in [3.63, 3.8) is 0 Å². The molecule has 0 unspecified atom stereocenters. The first kappa shape index (κ1) is 12.0. The van der Waals surface area contributed by atoms with E-state index in [0.717, 1.165) is 0 Å². The molecule has 0 spiro atoms. The summed E-state index contributed by atoms with van der Waals surface area (Å²) < 4.78 is 35.4. The Balaban J connectivity index is 2.29. The Morgan fingerprint density at radius 2 is 1.87 bits per heavy atom. The van der Waals surface area contributed by atoms with Gasteiger partial charge in [-0.15, -0.1) is 0 Å². The Morgan fingerprint density at radius 3 is 2.33 bits per heavy atom. The number of rotatable bonds is 2. The van der Waals surface area contributed by atoms with Gasteiger partial charge in [-0.25, -0.2) is 0 Å². The lowest BCUT2D eigenvalue weighted by molar-refractivity contribution is -0.154. The van der Waals surface area contributed by atoms with Crippen LogP contribution in [-0.4, -0.2) is 23.9 Å². The smallest absolute Gasteiger partial charge is 0.353 e. The number of nitrogens with one attached hydrogen (secondary N) is 1. The number of hydrogen-bond donors (Lipinski definition) is 1. The van der Waals surface area contributed by atoms with E-state index in [0.29, 0.717) is 25.7 Å². The van der Waals surface area contributed by atoms with Crippen LogP contribution in [-0.2, 0) is 9.59 Å². The van der Waals surface area contributed by atoms with E-state index >= 15 is 0 Å². The first-order valence-electron chi connectivity index (χ1n) is 4.74. The van der Waals surface area contributed by atoms with Crippen molar-refractivity contribution in [1.29, 1.82) is 0 Å². The zero-order valence-electron chi connectivity index (χ0n) is 8.06. The average Bonchev–Trinajstić information content (AvgIpc) is 2.05. The molecule has 0 aromatic heterocycles. The van der Waals surface area contributed by atoms with Crippen LogP contribution in [0.2, 0.25) is 0 Å². The topological polar surface area (TPSA) is 46.2 Å². The predicted molar refractivity (Wildman–Crippen MR) is 46.1 cm³/mol. The number of carbonyl (C=O) groups is 2. The number of alkyl halides is 3. The van der Waals surface area contributed by atoms with Crippen molar-refractivity contribution < 1.29 is 22.8 Å². The summed E-state index contributed by atoms with van der Waals surface area (Å²) in [6, 6.07) is -0.280. The van der Waals surface area contributed by atoms with E-state index in [9.17, 15) is 22.8 Å². The molecule has 1 N–H and O–H groups in total. The zero-order chi connectivity index (χ0) is 11.5. The van der Waals surface area contributed by atoms with Crippen LogP contribution in [0.25, 0.3) is 0 Å². The Bertz CT molecular complexity index is 253. The Hall–Kier alpha value is -1.07. The van der Waals surface area contributed by atoms with Crippen LogP contribution in [0.4, 0.5) is 13.2 Å². The lowest BCUT2D eigenvalue weighted by Crippen LogP contribution is -2.39. The lowest BCUT2D eigenvalue weighted by atomic mass is 9.94. The third-order valence-corrected chi connectivity index (χ3v) is 2.27. The maximum Gasteiger partial charge on any atom is 0.397 e. The summed E-state index contributed by atoms with van der Waals surface area (Å²) in [5.41, 5.74) is 0. The molecule has 1 rings (SSSR count). The molecule has 0 aromatic rings. The van der Waals surface area contributed by atoms with Crippen LogP contribution in [0.1, 0.15) is 32.1 Å². The number of ketones is 1. The molecule has 0 atom stereocenters. The Morgan fingerprint density at radius 1 is 1.33 bits per heavy atom. The molecule has 0 radical (unpaired) electrons. The minimum atomic E-state index is -4.46. The predicted octanol–water partition coefficient (Wildman–Crippen LogP) is 1.57. The van der Waals surface area contributed by atoms with Crippen molar-refractivity contribution in [2.45, 2.75) is 44.3 Å². The van der Waals surface area contributed by atoms with E-state index in [1.165, 1.54) is 0 Å². The molecule has 0 aromatic carbocycles. The van der Waals surface area contributed by atoms with Crippen molar-refractivity contribution in [3.05, 3.63) is 0 Å². The van der Waals surface area contributed by atoms with Gasteiger partial charge in [0.1, 0.15) is 12.2 Å². The van der Waals surface area contributed by atoms with E-state index in [1.807, 2.05) is 0 Å². The van der Waals surface area contributed by atoms with Crippen LogP contribution >= 0.6 is 0 Å². The van der Waals surface area contributed by atoms with Gasteiger partial charge in [0.05, 0.1) is 0 Å². The van der Waals surface area contributed by atoms with Gasteiger partial charge in [0.2, 0.25) is 5.91 Å². The number of carbonyl (C=O) groups excluding carboxylic acids is 2. The van der Waals surface area contributed by atoms with E-state index < -0.39 is 18.5 Å². The molecule has 1 aliphatic rings. The molecular weight excluding hydrogens is 211 g/mol. The van der Waals surface area contributed by atoms with Gasteiger partial charge in [-0.05, 0) is 12.8 Å². The molecule has 0 saturated heterocycles. The Labute approximate surface area is 85.0 Å². The molecule has 86 valence electrons. The van der Waals surface area contributed by atoms with Crippen LogP contribution in [0.3, 0.4) is 0 Å². The third-order valence-electron chi connectivity index (χ3n) is 2.27. The van der Waals surface area contributed by atoms with Crippen LogP contribution in [0.5, 0.6) is 0 Å². The molecule has 1 saturated carbocycles. The normalized spacial score (nSPS) is 19.0. The fourth-order valence-electron chi connectivity index (χ4n) is 1.54. The van der Waals surface area contributed by atoms with Gasteiger partial charge >= 0.3 is 6.18 Å². The summed E-state index contributed by atoms with van der Waals surface area (Å²) in [5.74, 6) is -0.904. The average molecular weight is 223 g/mol. The number of Topliss-reactive ketones (excluding diaryl/α,β-unsaturated/α-hetero) is 1. The van der Waals surface area contributed by atoms with Gasteiger partial charge in [0, 0.05) is 18.9 Å². The highest BCUT2D eigenvalue weighted by Gasteiger charge is 2.32. The van der Waals surface area contributed by atoms with Crippen molar-refractivity contribution in [1.82, 2.24) is 5.32 Å². The maximum atomic E-state index is 11.8. The quantitative estimate of drug-likeness (QED) is 0.772. The molecule has 0 bridgehead atoms. The molecular formula is C9H12F3NO2. The second kappa shape index (κ2) is 4.63. The van der Waals surface area contributed by atoms with E-state index in [1.54, 1.807) is 0 Å². The fourth-order valence-corrected chi connectivity index (χ4v) is 1.54. The molecule has 3 nitrogen and oxygen atoms in total. The zero-order valence-corrected chi connectivity index (χ0v) is 8.06. The van der Waals surface area contributed by atoms with Crippen molar-refractivity contribution in [3.8, 4) is 0 Å². The molecule has 0 aliphatic heterocycles. The highest BCUT2D eigenvalue weighted by atomic mass is 19.4. The van der Waals surface area contributed by atoms with Gasteiger partial charge < -0.3 is 5.32 Å². The van der Waals surface area contributed by atoms with Gasteiger partial charge in [0.15, 0.2) is 0 Å². The first-order chi connectivity index (χ1) is 6.87. The SMILES string of the molecule is O=C1CCC(NC(=O)CC(F)(F)F)CC1. The highest BCUT2D eigenvalue weighted by Crippen LogP contribution is 2.20. The van der Waals surface area contributed by atoms with Crippen LogP contribution in [0.15, 0.2) is 0 Å². The molecule has 15 heavy (non-hydrogen) atoms. The van der Waals surface area contributed by atoms with Crippen LogP contribution < -0.4 is 5.32 Å². The molecule has 1 amide bonds. The second-order valence-corrected chi connectivity index (χ2v) is 3.67. The van der Waals surface area contributed by atoms with Gasteiger partial charge in [-0.1, -0.05) is 0 Å². The summed E-state index contributed by atoms with van der Waals surface area (Å²) in [5, 5.41) is 2.28. The third kappa shape index (κ3) is 4.80. The maximum absolute atomic E-state index is 11.8. The summed E-state index contributed by atoms with van der Waals surface area (Å²) in [4.78, 5) is 21.7. The van der Waals surface area contributed by atoms with Crippen molar-refractivity contribution >= 4 is 11.7 Å². The highest BCUT2D eigenvalue weighted by molar-refractivity contribution is 5.80. The fraction of sp³-hybridized carbons (Fsp3) is 0.778. The molecule has 1 aliphatic carbocycles. The van der Waals surface area contributed by atoms with Crippen LogP contribution in [0, 0.1) is 0 Å². The summed E-state index contributed by atoms with van der Waals surface area (Å²) in [6.07, 6.45) is -4.33. The largest absolute Gasteiger partial charge is 0.397 e. The summed E-state index contributed by atoms with van der Waals surface area (Å²) >= 11 is 0. The summed E-state index contributed by atoms with van der Waals surface area (Å²) in [7, 11) is 0. The number of amides is 1. The monoisotopic (exact) mass is 223 g/mol. The van der Waals surface area contributed by atoms with E-state index in [4.69, 9.17) is 0 Å². The second-order valence-electron chi connectivity index (χ2n) is 3.67. The molecule has 0 heterocycles. The van der Waals surface area contributed by atoms with Crippen molar-refractivity contribution in [2.24, 2.45) is 0 Å². The van der Waals surface area contributed by atoms with E-state index in [-0.39, 0.29) is 11.8 Å². The number of hydrogen-bond acceptors (Lipinski definition) is 2. The lowest BCUT2D eigenvalue weighted by Gasteiger charge is -2.22. The minimum absolute atomic E-state index is 0.108. The van der Waals surface area contributed by atoms with Gasteiger partial charge in [0.25, 0.3) is 0 Å². The first-order valence-corrected chi connectivity index (χ1v) is 4.74. The minimum Gasteiger partial charge on any atom is -0.353 e. The Kier molecular flexibility index (Phi) is 3.71. The molecule has 1 fully saturated rings.